The number of hydrogen-bond acceptors (Lipinski definition) is 5. The molecule has 0 unspecified atom stereocenters. The molecule has 2 aromatic heterocycles. The second-order valence-electron chi connectivity index (χ2n) is 6.41. The fourth-order valence-corrected chi connectivity index (χ4v) is 3.05. The highest BCUT2D eigenvalue weighted by Gasteiger charge is 2.29. The number of pyridine rings is 1. The van der Waals surface area contributed by atoms with Crippen molar-refractivity contribution in [3.63, 3.8) is 0 Å². The Labute approximate surface area is 173 Å². The molecule has 0 saturated heterocycles. The summed E-state index contributed by atoms with van der Waals surface area (Å²) in [7, 11) is 1.65. The number of nitrogens with zero attached hydrogens (tertiary/aromatic N) is 3. The quantitative estimate of drug-likeness (QED) is 0.659. The number of aryl methyl sites for hydroxylation is 1. The second kappa shape index (κ2) is 9.04. The maximum Gasteiger partial charge on any atom is 0.292 e. The van der Waals surface area contributed by atoms with E-state index < -0.39 is 5.97 Å². The molecule has 3 aromatic rings. The van der Waals surface area contributed by atoms with Gasteiger partial charge in [-0.25, -0.2) is 4.99 Å². The van der Waals surface area contributed by atoms with Crippen molar-refractivity contribution in [1.29, 1.82) is 0 Å². The number of ether oxygens (including phenoxy) is 1. The van der Waals surface area contributed by atoms with Crippen molar-refractivity contribution >= 4 is 23.1 Å². The van der Waals surface area contributed by atoms with E-state index >= 15 is 0 Å². The minimum Gasteiger partial charge on any atom is -0.550 e. The van der Waals surface area contributed by atoms with Crippen LogP contribution in [0.3, 0.4) is 0 Å². The van der Waals surface area contributed by atoms with Gasteiger partial charge in [0.15, 0.2) is 6.20 Å². The van der Waals surface area contributed by atoms with Crippen LogP contribution in [0.4, 0.5) is 5.69 Å². The number of aliphatic carboxylic acids is 1. The van der Waals surface area contributed by atoms with Crippen molar-refractivity contribution in [3.05, 3.63) is 82.5 Å². The maximum atomic E-state index is 12.3. The SMILES string of the molecule is CC(=O)[O-].CCn1[nH]cc(N=C2C=C(c3ccc(OC)cc3)[n+]3ccccc32)c1=O. The zero-order chi connectivity index (χ0) is 21.7. The smallest absolute Gasteiger partial charge is 0.292 e. The van der Waals surface area contributed by atoms with E-state index in [0.717, 1.165) is 35.3 Å². The van der Waals surface area contributed by atoms with E-state index in [0.29, 0.717) is 12.2 Å². The second-order valence-corrected chi connectivity index (χ2v) is 6.41. The summed E-state index contributed by atoms with van der Waals surface area (Å²) in [5, 5.41) is 11.8. The van der Waals surface area contributed by atoms with Crippen LogP contribution >= 0.6 is 0 Å². The Morgan fingerprint density at radius 3 is 2.53 bits per heavy atom. The Bertz CT molecular complexity index is 1170. The summed E-state index contributed by atoms with van der Waals surface area (Å²) in [6, 6.07) is 13.8. The molecule has 4 rings (SSSR count). The van der Waals surface area contributed by atoms with Gasteiger partial charge in [0.05, 0.1) is 7.11 Å². The van der Waals surface area contributed by atoms with Gasteiger partial charge in [0.1, 0.15) is 17.1 Å². The topological polar surface area (TPSA) is 103 Å². The molecule has 8 nitrogen and oxygen atoms in total. The van der Waals surface area contributed by atoms with Gasteiger partial charge >= 0.3 is 0 Å². The normalized spacial score (nSPS) is 13.3. The lowest BCUT2D eigenvalue weighted by molar-refractivity contribution is -0.577. The molecule has 0 saturated carbocycles. The van der Waals surface area contributed by atoms with Crippen LogP contribution in [0.2, 0.25) is 0 Å². The van der Waals surface area contributed by atoms with E-state index in [9.17, 15) is 4.79 Å². The minimum absolute atomic E-state index is 0.117. The van der Waals surface area contributed by atoms with Gasteiger partial charge in [-0.3, -0.25) is 9.48 Å². The molecule has 1 N–H and O–H groups in total. The number of carbonyl (C=O) groups excluding carboxylic acids is 1. The van der Waals surface area contributed by atoms with Gasteiger partial charge in [0.2, 0.25) is 11.4 Å². The van der Waals surface area contributed by atoms with Gasteiger partial charge in [0, 0.05) is 42.5 Å². The van der Waals surface area contributed by atoms with Crippen molar-refractivity contribution < 1.29 is 19.2 Å². The fraction of sp³-hybridized carbons (Fsp3) is 0.182. The summed E-state index contributed by atoms with van der Waals surface area (Å²) in [5.41, 5.74) is 4.05. The lowest BCUT2D eigenvalue weighted by Crippen LogP contribution is -2.34. The van der Waals surface area contributed by atoms with E-state index in [1.165, 1.54) is 4.68 Å². The van der Waals surface area contributed by atoms with Crippen molar-refractivity contribution in [2.75, 3.05) is 7.11 Å². The molecule has 8 heteroatoms. The van der Waals surface area contributed by atoms with Crippen LogP contribution in [0.15, 0.2) is 70.7 Å². The predicted octanol–water partition coefficient (Wildman–Crippen LogP) is 1.27. The molecule has 0 amide bonds. The highest BCUT2D eigenvalue weighted by Crippen LogP contribution is 2.22. The van der Waals surface area contributed by atoms with Gasteiger partial charge in [-0.2, -0.15) is 4.57 Å². The Morgan fingerprint density at radius 2 is 1.93 bits per heavy atom. The molecule has 0 aliphatic carbocycles. The molecular weight excluding hydrogens is 384 g/mol. The number of carboxylic acid groups (broad SMARTS) is 1. The third-order valence-corrected chi connectivity index (χ3v) is 4.42. The minimum atomic E-state index is -1.08. The van der Waals surface area contributed by atoms with Crippen molar-refractivity contribution in [1.82, 2.24) is 9.78 Å². The van der Waals surface area contributed by atoms with Crippen molar-refractivity contribution in [2.24, 2.45) is 4.99 Å². The van der Waals surface area contributed by atoms with E-state index in [1.54, 1.807) is 13.3 Å². The lowest BCUT2D eigenvalue weighted by atomic mass is 10.1. The van der Waals surface area contributed by atoms with Gasteiger partial charge < -0.3 is 19.7 Å². The molecule has 0 atom stereocenters. The number of rotatable bonds is 4. The number of allylic oxidation sites excluding steroid dienone is 1. The first kappa shape index (κ1) is 20.8. The standard InChI is InChI=1S/C20H18N4O2.C2H4O2/c1-3-24-20(25)17(13-21-24)22-16-12-19(23-11-5-4-6-18(16)23)14-7-9-15(26-2)10-8-14;1-2(3)4/h4-13H,3H2,1-2H3;1H3,(H,3,4). The number of hydrogen-bond donors (Lipinski definition) is 1. The number of benzene rings is 1. The summed E-state index contributed by atoms with van der Waals surface area (Å²) < 4.78 is 8.84. The van der Waals surface area contributed by atoms with E-state index in [1.807, 2.05) is 61.7 Å². The summed E-state index contributed by atoms with van der Waals surface area (Å²) >= 11 is 0. The largest absolute Gasteiger partial charge is 0.550 e. The number of H-pyrrole nitrogens is 1. The zero-order valence-electron chi connectivity index (χ0n) is 17.0. The van der Waals surface area contributed by atoms with Gasteiger partial charge in [-0.15, -0.1) is 0 Å². The Morgan fingerprint density at radius 1 is 1.23 bits per heavy atom. The summed E-state index contributed by atoms with van der Waals surface area (Å²) in [6.07, 6.45) is 5.64. The molecule has 1 aliphatic rings. The van der Waals surface area contributed by atoms with Gasteiger partial charge in [0.25, 0.3) is 5.56 Å². The number of carboxylic acids is 1. The average Bonchev–Trinajstić information content (AvgIpc) is 3.29. The van der Waals surface area contributed by atoms with Crippen molar-refractivity contribution in [2.45, 2.75) is 20.4 Å². The average molecular weight is 406 g/mol. The molecule has 1 aromatic carbocycles. The first-order valence-corrected chi connectivity index (χ1v) is 9.36. The number of carbonyl (C=O) groups is 1. The molecule has 0 spiro atoms. The number of methoxy groups -OCH3 is 1. The highest BCUT2D eigenvalue weighted by atomic mass is 16.5. The van der Waals surface area contributed by atoms with Crippen LogP contribution in [0.5, 0.6) is 5.75 Å². The molecule has 0 bridgehead atoms. The Kier molecular flexibility index (Phi) is 6.26. The third kappa shape index (κ3) is 4.38. The third-order valence-electron chi connectivity index (χ3n) is 4.42. The highest BCUT2D eigenvalue weighted by molar-refractivity contribution is 6.12. The number of aromatic nitrogens is 3. The molecule has 3 heterocycles. The zero-order valence-corrected chi connectivity index (χ0v) is 17.0. The van der Waals surface area contributed by atoms with Crippen LogP contribution in [-0.4, -0.2) is 28.6 Å². The number of fused-ring (bicyclic) bond motifs is 1. The molecule has 0 fully saturated rings. The van der Waals surface area contributed by atoms with Gasteiger partial charge in [-0.1, -0.05) is 0 Å². The first-order valence-electron chi connectivity index (χ1n) is 9.36. The predicted molar refractivity (Wildman–Crippen MR) is 111 cm³/mol. The molecule has 0 radical (unpaired) electrons. The fourth-order valence-electron chi connectivity index (χ4n) is 3.05. The number of nitrogens with one attached hydrogen (secondary N) is 1. The van der Waals surface area contributed by atoms with E-state index in [-0.39, 0.29) is 5.56 Å². The van der Waals surface area contributed by atoms with Crippen LogP contribution in [0.1, 0.15) is 25.1 Å². The summed E-state index contributed by atoms with van der Waals surface area (Å²) in [5.74, 6) is -0.271. The van der Waals surface area contributed by atoms with E-state index in [2.05, 4.69) is 14.7 Å². The molecule has 30 heavy (non-hydrogen) atoms. The first-order chi connectivity index (χ1) is 14.4. The summed E-state index contributed by atoms with van der Waals surface area (Å²) in [4.78, 5) is 25.8. The molecule has 154 valence electrons. The van der Waals surface area contributed by atoms with E-state index in [4.69, 9.17) is 14.6 Å². The number of aromatic amines is 1. The van der Waals surface area contributed by atoms with Crippen LogP contribution in [-0.2, 0) is 11.3 Å². The Hall–Kier alpha value is -3.94. The van der Waals surface area contributed by atoms with Gasteiger partial charge in [-0.05, 0) is 44.2 Å². The molecule has 1 aliphatic heterocycles. The monoisotopic (exact) mass is 406 g/mol. The molecular formula is C22H22N4O4. The summed E-state index contributed by atoms with van der Waals surface area (Å²) in [6.45, 7) is 3.47. The van der Waals surface area contributed by atoms with Crippen LogP contribution < -0.4 is 20.0 Å². The lowest BCUT2D eigenvalue weighted by Gasteiger charge is -2.01. The van der Waals surface area contributed by atoms with Crippen LogP contribution in [0.25, 0.3) is 5.70 Å². The van der Waals surface area contributed by atoms with Crippen molar-refractivity contribution in [3.8, 4) is 5.75 Å². The Balaban J connectivity index is 0.000000589. The van der Waals surface area contributed by atoms with Crippen LogP contribution in [0, 0.1) is 0 Å². The maximum absolute atomic E-state index is 12.3. The number of aliphatic imine (C=N–C) groups is 1.